The molecule has 7 nitrogen and oxygen atoms in total. The molecule has 5 aliphatic carbocycles. The molecular formula is C42H69NO6. The number of aliphatic hydroxyl groups excluding tert-OH is 1. The Balaban J connectivity index is 1.43. The number of hydrogen-bond acceptors (Lipinski definition) is 7. The molecule has 278 valence electrons. The fourth-order valence-corrected chi connectivity index (χ4v) is 13.1. The second kappa shape index (κ2) is 11.9. The summed E-state index contributed by atoms with van der Waals surface area (Å²) in [6, 6.07) is 0. The van der Waals surface area contributed by atoms with E-state index in [9.17, 15) is 19.5 Å². The van der Waals surface area contributed by atoms with Crippen molar-refractivity contribution in [3.63, 3.8) is 0 Å². The molecule has 0 aromatic carbocycles. The fourth-order valence-electron chi connectivity index (χ4n) is 13.1. The van der Waals surface area contributed by atoms with Crippen molar-refractivity contribution in [2.75, 3.05) is 6.54 Å². The standard InChI is InChI=1S/C42H69NO6/c1-25(2)32-26(44)22-42(29(45)24-43)21-20-41(13)39(11)18-14-27-37(8,9)30(48-31(46)23-36(6,7)34(47)49-35(3,4)5)16-17-38(27,10)28(39)15-19-40(41,12)33(32)42/h25,27-30,45H,14-24,43H2,1-13H3/t27-,28-,29+,30+,38+,39-,40-,41+,42+/m1/s1. The highest BCUT2D eigenvalue weighted by Gasteiger charge is 2.74. The van der Waals surface area contributed by atoms with E-state index >= 15 is 0 Å². The molecular weight excluding hydrogens is 614 g/mol. The maximum Gasteiger partial charge on any atom is 0.312 e. The number of esters is 2. The lowest BCUT2D eigenvalue weighted by Gasteiger charge is -2.75. The number of Topliss-reactive ketones (excluding diaryl/α,β-unsaturated/α-hetero) is 1. The summed E-state index contributed by atoms with van der Waals surface area (Å²) < 4.78 is 11.9. The number of carbonyl (C=O) groups is 3. The lowest BCUT2D eigenvalue weighted by molar-refractivity contribution is -0.252. The summed E-state index contributed by atoms with van der Waals surface area (Å²) in [6.07, 6.45) is 7.28. The van der Waals surface area contributed by atoms with Crippen LogP contribution in [-0.2, 0) is 23.9 Å². The highest BCUT2D eigenvalue weighted by Crippen LogP contribution is 2.80. The van der Waals surface area contributed by atoms with Gasteiger partial charge in [-0.25, -0.2) is 0 Å². The molecule has 0 aromatic rings. The number of nitrogens with two attached hydrogens (primary N) is 1. The number of rotatable bonds is 7. The molecule has 0 aromatic heterocycles. The Morgan fingerprint density at radius 3 is 2.08 bits per heavy atom. The van der Waals surface area contributed by atoms with Crippen molar-refractivity contribution in [3.8, 4) is 0 Å². The van der Waals surface area contributed by atoms with Crippen LogP contribution in [-0.4, -0.2) is 47.2 Å². The molecule has 0 bridgehead atoms. The second-order valence-corrected chi connectivity index (χ2v) is 20.6. The van der Waals surface area contributed by atoms with Gasteiger partial charge in [-0.05, 0) is 137 Å². The molecule has 7 heteroatoms. The minimum atomic E-state index is -0.971. The molecule has 4 fully saturated rings. The Morgan fingerprint density at radius 2 is 1.51 bits per heavy atom. The van der Waals surface area contributed by atoms with Crippen molar-refractivity contribution in [3.05, 3.63) is 11.1 Å². The first-order valence-electron chi connectivity index (χ1n) is 19.4. The van der Waals surface area contributed by atoms with Gasteiger partial charge < -0.3 is 20.3 Å². The van der Waals surface area contributed by atoms with Crippen LogP contribution < -0.4 is 5.73 Å². The largest absolute Gasteiger partial charge is 0.462 e. The summed E-state index contributed by atoms with van der Waals surface area (Å²) in [5.74, 6) is 0.496. The zero-order chi connectivity index (χ0) is 37.0. The Kier molecular flexibility index (Phi) is 9.35. The quantitative estimate of drug-likeness (QED) is 0.259. The summed E-state index contributed by atoms with van der Waals surface area (Å²) in [5.41, 5.74) is 5.92. The van der Waals surface area contributed by atoms with Crippen molar-refractivity contribution in [2.45, 2.75) is 172 Å². The van der Waals surface area contributed by atoms with Crippen LogP contribution in [0.1, 0.15) is 154 Å². The third-order valence-corrected chi connectivity index (χ3v) is 15.8. The van der Waals surface area contributed by atoms with E-state index in [4.69, 9.17) is 15.2 Å². The smallest absolute Gasteiger partial charge is 0.312 e. The van der Waals surface area contributed by atoms with Gasteiger partial charge in [-0.2, -0.15) is 0 Å². The van der Waals surface area contributed by atoms with Gasteiger partial charge in [0.1, 0.15) is 11.7 Å². The van der Waals surface area contributed by atoms with Crippen LogP contribution in [0.2, 0.25) is 0 Å². The number of carbonyl (C=O) groups excluding carboxylic acids is 3. The number of aliphatic hydroxyl groups is 1. The third kappa shape index (κ3) is 5.51. The van der Waals surface area contributed by atoms with Crippen molar-refractivity contribution < 1.29 is 29.0 Å². The van der Waals surface area contributed by atoms with Gasteiger partial charge in [0.05, 0.1) is 17.9 Å². The lowest BCUT2D eigenvalue weighted by Crippen LogP contribution is -2.68. The molecule has 4 saturated carbocycles. The molecule has 0 saturated heterocycles. The fraction of sp³-hybridized carbons (Fsp3) is 0.881. The van der Waals surface area contributed by atoms with E-state index in [1.165, 1.54) is 5.57 Å². The van der Waals surface area contributed by atoms with Crippen LogP contribution in [0.4, 0.5) is 0 Å². The lowest BCUT2D eigenvalue weighted by atomic mass is 9.29. The number of allylic oxidation sites excluding steroid dienone is 1. The molecule has 49 heavy (non-hydrogen) atoms. The minimum absolute atomic E-state index is 0.00880. The number of fused-ring (bicyclic) bond motifs is 7. The van der Waals surface area contributed by atoms with Crippen LogP contribution in [0.15, 0.2) is 11.1 Å². The topological polar surface area (TPSA) is 116 Å². The molecule has 0 amide bonds. The van der Waals surface area contributed by atoms with Gasteiger partial charge in [-0.3, -0.25) is 14.4 Å². The molecule has 0 unspecified atom stereocenters. The predicted octanol–water partition coefficient (Wildman–Crippen LogP) is 8.35. The summed E-state index contributed by atoms with van der Waals surface area (Å²) in [4.78, 5) is 40.1. The van der Waals surface area contributed by atoms with Gasteiger partial charge in [-0.1, -0.05) is 55.4 Å². The minimum Gasteiger partial charge on any atom is -0.462 e. The maximum atomic E-state index is 13.8. The predicted molar refractivity (Wildman–Crippen MR) is 193 cm³/mol. The van der Waals surface area contributed by atoms with Gasteiger partial charge >= 0.3 is 11.9 Å². The van der Waals surface area contributed by atoms with Crippen molar-refractivity contribution in [1.29, 1.82) is 0 Å². The third-order valence-electron chi connectivity index (χ3n) is 15.8. The highest BCUT2D eigenvalue weighted by molar-refractivity contribution is 6.01. The average molecular weight is 684 g/mol. The normalized spacial score (nSPS) is 41.0. The molecule has 0 heterocycles. The van der Waals surface area contributed by atoms with E-state index in [2.05, 4.69) is 55.4 Å². The molecule has 3 N–H and O–H groups in total. The average Bonchev–Trinajstić information content (AvgIpc) is 3.28. The van der Waals surface area contributed by atoms with Gasteiger partial charge in [0.25, 0.3) is 0 Å². The first-order chi connectivity index (χ1) is 22.3. The second-order valence-electron chi connectivity index (χ2n) is 20.6. The molecule has 0 spiro atoms. The first-order valence-corrected chi connectivity index (χ1v) is 19.4. The SMILES string of the molecule is CC(C)C1=C2[C@@]([C@@H](O)CN)(CC[C@]3(C)[C@]2(C)CC[C@@H]2[C@@]4(C)CC[C@H](OC(=O)CC(C)(C)C(=O)OC(C)(C)C)C(C)(C)[C@H]4CC[C@]23C)CC1=O. The first kappa shape index (κ1) is 38.5. The monoisotopic (exact) mass is 684 g/mol. The molecule has 9 atom stereocenters. The Bertz CT molecular complexity index is 1400. The molecule has 5 aliphatic rings. The molecule has 5 rings (SSSR count). The Labute approximate surface area is 297 Å². The molecule has 0 radical (unpaired) electrons. The van der Waals surface area contributed by atoms with E-state index in [1.54, 1.807) is 13.8 Å². The van der Waals surface area contributed by atoms with Crippen molar-refractivity contribution in [1.82, 2.24) is 0 Å². The summed E-state index contributed by atoms with van der Waals surface area (Å²) in [7, 11) is 0. The van der Waals surface area contributed by atoms with E-state index in [0.717, 1.165) is 56.9 Å². The summed E-state index contributed by atoms with van der Waals surface area (Å²) >= 11 is 0. The number of ether oxygens (including phenoxy) is 2. The van der Waals surface area contributed by atoms with Crippen LogP contribution in [0, 0.1) is 55.7 Å². The van der Waals surface area contributed by atoms with Crippen molar-refractivity contribution >= 4 is 17.7 Å². The summed E-state index contributed by atoms with van der Waals surface area (Å²) in [5, 5.41) is 11.6. The van der Waals surface area contributed by atoms with Crippen LogP contribution >= 0.6 is 0 Å². The number of ketones is 1. The van der Waals surface area contributed by atoms with Gasteiger partial charge in [0, 0.05) is 23.8 Å². The van der Waals surface area contributed by atoms with E-state index < -0.39 is 22.5 Å². The van der Waals surface area contributed by atoms with Gasteiger partial charge in [-0.15, -0.1) is 0 Å². The zero-order valence-electron chi connectivity index (χ0n) is 33.2. The highest BCUT2D eigenvalue weighted by atomic mass is 16.6. The van der Waals surface area contributed by atoms with Crippen molar-refractivity contribution in [2.24, 2.45) is 61.4 Å². The molecule has 0 aliphatic heterocycles. The van der Waals surface area contributed by atoms with Gasteiger partial charge in [0.2, 0.25) is 0 Å². The summed E-state index contributed by atoms with van der Waals surface area (Å²) in [6.45, 7) is 28.2. The Hall–Kier alpha value is -1.73. The van der Waals surface area contributed by atoms with Crippen LogP contribution in [0.25, 0.3) is 0 Å². The number of hydrogen-bond donors (Lipinski definition) is 2. The van der Waals surface area contributed by atoms with E-state index in [0.29, 0.717) is 18.3 Å². The zero-order valence-corrected chi connectivity index (χ0v) is 33.2. The van der Waals surface area contributed by atoms with Crippen LogP contribution in [0.3, 0.4) is 0 Å². The van der Waals surface area contributed by atoms with Crippen LogP contribution in [0.5, 0.6) is 0 Å². The van der Waals surface area contributed by atoms with E-state index in [1.807, 2.05) is 20.8 Å². The Morgan fingerprint density at radius 1 is 0.898 bits per heavy atom. The van der Waals surface area contributed by atoms with Gasteiger partial charge in [0.15, 0.2) is 5.78 Å². The van der Waals surface area contributed by atoms with E-state index in [-0.39, 0.29) is 69.8 Å². The maximum absolute atomic E-state index is 13.8.